The van der Waals surface area contributed by atoms with Crippen molar-refractivity contribution in [1.82, 2.24) is 4.98 Å². The van der Waals surface area contributed by atoms with Crippen molar-refractivity contribution in [1.29, 1.82) is 0 Å². The molecule has 2 heteroatoms. The Morgan fingerprint density at radius 2 is 1.57 bits per heavy atom. The van der Waals surface area contributed by atoms with E-state index < -0.39 is 0 Å². The summed E-state index contributed by atoms with van der Waals surface area (Å²) in [4.78, 5) is 6.51. The molecule has 0 bridgehead atoms. The maximum atomic E-state index is 4.20. The van der Waals surface area contributed by atoms with Crippen molar-refractivity contribution in [3.63, 3.8) is 0 Å². The Labute approximate surface area is 125 Å². The van der Waals surface area contributed by atoms with Gasteiger partial charge in [0.05, 0.1) is 0 Å². The zero-order chi connectivity index (χ0) is 14.5. The average Bonchev–Trinajstić information content (AvgIpc) is 2.58. The molecule has 0 aliphatic heterocycles. The number of aromatic nitrogens is 1. The quantitative estimate of drug-likeness (QED) is 0.672. The molecular formula is C19H18N2. The standard InChI is InChI=1S/C19H18N2/c1-2-21(18-10-4-3-5-11-18)19-12-6-8-16(14-19)17-9-7-13-20-15-17/h3-15H,2H2,1H3. The monoisotopic (exact) mass is 274 g/mol. The Kier molecular flexibility index (Phi) is 3.97. The highest BCUT2D eigenvalue weighted by Crippen LogP contribution is 2.28. The van der Waals surface area contributed by atoms with Crippen molar-refractivity contribution in [3.05, 3.63) is 79.1 Å². The van der Waals surface area contributed by atoms with E-state index in [-0.39, 0.29) is 0 Å². The van der Waals surface area contributed by atoms with Crippen molar-refractivity contribution in [3.8, 4) is 11.1 Å². The predicted molar refractivity (Wildman–Crippen MR) is 88.8 cm³/mol. The van der Waals surface area contributed by atoms with Crippen LogP contribution in [0.5, 0.6) is 0 Å². The zero-order valence-electron chi connectivity index (χ0n) is 12.1. The molecule has 0 atom stereocenters. The van der Waals surface area contributed by atoms with Crippen LogP contribution in [0.1, 0.15) is 6.92 Å². The number of hydrogen-bond acceptors (Lipinski definition) is 2. The molecule has 0 radical (unpaired) electrons. The normalized spacial score (nSPS) is 10.3. The molecule has 1 heterocycles. The van der Waals surface area contributed by atoms with Crippen molar-refractivity contribution < 1.29 is 0 Å². The van der Waals surface area contributed by atoms with E-state index in [1.165, 1.54) is 16.9 Å². The fourth-order valence-corrected chi connectivity index (χ4v) is 2.51. The van der Waals surface area contributed by atoms with Crippen molar-refractivity contribution >= 4 is 11.4 Å². The number of para-hydroxylation sites is 1. The van der Waals surface area contributed by atoms with Crippen LogP contribution in [0.15, 0.2) is 79.1 Å². The van der Waals surface area contributed by atoms with E-state index in [1.54, 1.807) is 6.20 Å². The number of anilines is 2. The van der Waals surface area contributed by atoms with Gasteiger partial charge in [0.1, 0.15) is 0 Å². The molecule has 104 valence electrons. The lowest BCUT2D eigenvalue weighted by Crippen LogP contribution is -2.15. The Morgan fingerprint density at radius 3 is 2.29 bits per heavy atom. The first kappa shape index (κ1) is 13.4. The van der Waals surface area contributed by atoms with Crippen LogP contribution in [-0.4, -0.2) is 11.5 Å². The topological polar surface area (TPSA) is 16.1 Å². The second-order valence-electron chi connectivity index (χ2n) is 4.87. The van der Waals surface area contributed by atoms with Crippen LogP contribution in [0.2, 0.25) is 0 Å². The Balaban J connectivity index is 1.99. The third-order valence-electron chi connectivity index (χ3n) is 3.54. The van der Waals surface area contributed by atoms with Gasteiger partial charge in [-0.3, -0.25) is 4.98 Å². The van der Waals surface area contributed by atoms with E-state index in [4.69, 9.17) is 0 Å². The van der Waals surface area contributed by atoms with Crippen molar-refractivity contribution in [2.75, 3.05) is 11.4 Å². The van der Waals surface area contributed by atoms with E-state index in [0.29, 0.717) is 0 Å². The smallest absolute Gasteiger partial charge is 0.0416 e. The first-order chi connectivity index (χ1) is 10.4. The third-order valence-corrected chi connectivity index (χ3v) is 3.54. The minimum atomic E-state index is 0.931. The van der Waals surface area contributed by atoms with E-state index in [0.717, 1.165) is 12.1 Å². The fraction of sp³-hybridized carbons (Fsp3) is 0.105. The molecule has 0 spiro atoms. The number of rotatable bonds is 4. The summed E-state index contributed by atoms with van der Waals surface area (Å²) in [6, 6.07) is 23.1. The lowest BCUT2D eigenvalue weighted by Gasteiger charge is -2.23. The van der Waals surface area contributed by atoms with Crippen LogP contribution in [0.4, 0.5) is 11.4 Å². The Morgan fingerprint density at radius 1 is 0.810 bits per heavy atom. The van der Waals surface area contributed by atoms with Gasteiger partial charge in [-0.25, -0.2) is 0 Å². The highest BCUT2D eigenvalue weighted by atomic mass is 15.1. The summed E-state index contributed by atoms with van der Waals surface area (Å²) in [6.45, 7) is 3.10. The largest absolute Gasteiger partial charge is 0.342 e. The lowest BCUT2D eigenvalue weighted by molar-refractivity contribution is 1.02. The Bertz CT molecular complexity index is 693. The SMILES string of the molecule is CCN(c1ccccc1)c1cccc(-c2cccnc2)c1. The molecule has 0 amide bonds. The molecular weight excluding hydrogens is 256 g/mol. The molecule has 2 nitrogen and oxygen atoms in total. The molecule has 0 saturated carbocycles. The van der Waals surface area contributed by atoms with Crippen LogP contribution in [0.25, 0.3) is 11.1 Å². The van der Waals surface area contributed by atoms with Crippen LogP contribution < -0.4 is 4.90 Å². The molecule has 1 aromatic heterocycles. The number of nitrogens with zero attached hydrogens (tertiary/aromatic N) is 2. The summed E-state index contributed by atoms with van der Waals surface area (Å²) < 4.78 is 0. The zero-order valence-corrected chi connectivity index (χ0v) is 12.1. The minimum Gasteiger partial charge on any atom is -0.342 e. The van der Waals surface area contributed by atoms with Gasteiger partial charge < -0.3 is 4.90 Å². The van der Waals surface area contributed by atoms with E-state index in [2.05, 4.69) is 71.4 Å². The van der Waals surface area contributed by atoms with Gasteiger partial charge in [0, 0.05) is 35.9 Å². The summed E-state index contributed by atoms with van der Waals surface area (Å²) in [6.07, 6.45) is 3.70. The molecule has 2 aromatic carbocycles. The first-order valence-electron chi connectivity index (χ1n) is 7.21. The number of benzene rings is 2. The summed E-state index contributed by atoms with van der Waals surface area (Å²) >= 11 is 0. The molecule has 0 aliphatic carbocycles. The second-order valence-corrected chi connectivity index (χ2v) is 4.87. The average molecular weight is 274 g/mol. The van der Waals surface area contributed by atoms with Crippen LogP contribution >= 0.6 is 0 Å². The van der Waals surface area contributed by atoms with Crippen LogP contribution in [0, 0.1) is 0 Å². The molecule has 0 N–H and O–H groups in total. The molecule has 3 rings (SSSR count). The summed E-state index contributed by atoms with van der Waals surface area (Å²) in [5.41, 5.74) is 4.74. The highest BCUT2D eigenvalue weighted by molar-refractivity contribution is 5.71. The third kappa shape index (κ3) is 2.95. The van der Waals surface area contributed by atoms with Gasteiger partial charge in [0.15, 0.2) is 0 Å². The van der Waals surface area contributed by atoms with E-state index in [9.17, 15) is 0 Å². The van der Waals surface area contributed by atoms with Gasteiger partial charge >= 0.3 is 0 Å². The minimum absolute atomic E-state index is 0.931. The van der Waals surface area contributed by atoms with Gasteiger partial charge in [0.2, 0.25) is 0 Å². The van der Waals surface area contributed by atoms with Crippen LogP contribution in [-0.2, 0) is 0 Å². The summed E-state index contributed by atoms with van der Waals surface area (Å²) in [5, 5.41) is 0. The number of pyridine rings is 1. The molecule has 21 heavy (non-hydrogen) atoms. The van der Waals surface area contributed by atoms with Gasteiger partial charge in [-0.15, -0.1) is 0 Å². The summed E-state index contributed by atoms with van der Waals surface area (Å²) in [5.74, 6) is 0. The maximum Gasteiger partial charge on any atom is 0.0416 e. The first-order valence-corrected chi connectivity index (χ1v) is 7.21. The second kappa shape index (κ2) is 6.23. The van der Waals surface area contributed by atoms with Gasteiger partial charge in [-0.1, -0.05) is 36.4 Å². The fourth-order valence-electron chi connectivity index (χ4n) is 2.51. The van der Waals surface area contributed by atoms with Crippen LogP contribution in [0.3, 0.4) is 0 Å². The molecule has 0 aliphatic rings. The van der Waals surface area contributed by atoms with Gasteiger partial charge in [0.25, 0.3) is 0 Å². The van der Waals surface area contributed by atoms with Gasteiger partial charge in [-0.05, 0) is 42.8 Å². The van der Waals surface area contributed by atoms with Crippen molar-refractivity contribution in [2.24, 2.45) is 0 Å². The molecule has 3 aromatic rings. The molecule has 0 saturated heterocycles. The summed E-state index contributed by atoms with van der Waals surface area (Å²) in [7, 11) is 0. The highest BCUT2D eigenvalue weighted by Gasteiger charge is 2.07. The van der Waals surface area contributed by atoms with E-state index >= 15 is 0 Å². The predicted octanol–water partition coefficient (Wildman–Crippen LogP) is 4.91. The number of hydrogen-bond donors (Lipinski definition) is 0. The molecule has 0 fully saturated rings. The van der Waals surface area contributed by atoms with Gasteiger partial charge in [-0.2, -0.15) is 0 Å². The molecule has 0 unspecified atom stereocenters. The Hall–Kier alpha value is -2.61. The van der Waals surface area contributed by atoms with E-state index in [1.807, 2.05) is 18.3 Å². The lowest BCUT2D eigenvalue weighted by atomic mass is 10.1. The maximum absolute atomic E-state index is 4.20. The van der Waals surface area contributed by atoms with Crippen molar-refractivity contribution in [2.45, 2.75) is 6.92 Å².